The first kappa shape index (κ1) is 16.7. The molecule has 6 heteroatoms. The third kappa shape index (κ3) is 3.77. The molecule has 1 fully saturated rings. The summed E-state index contributed by atoms with van der Waals surface area (Å²) in [6.07, 6.45) is 2.14. The molecule has 4 nitrogen and oxygen atoms in total. The topological polar surface area (TPSA) is 49.6 Å². The zero-order valence-electron chi connectivity index (χ0n) is 12.5. The predicted molar refractivity (Wildman–Crippen MR) is 88.9 cm³/mol. The number of halogens is 1. The third-order valence-corrected chi connectivity index (χ3v) is 5.59. The number of hydrogen-bond acceptors (Lipinski definition) is 4. The van der Waals surface area contributed by atoms with Crippen molar-refractivity contribution in [1.82, 2.24) is 9.80 Å². The number of nitrogens with zero attached hydrogens (tertiary/aromatic N) is 2. The van der Waals surface area contributed by atoms with E-state index in [4.69, 9.17) is 5.73 Å². The molecular formula is C15H24ClN3OS. The van der Waals surface area contributed by atoms with E-state index in [1.165, 1.54) is 10.4 Å². The Hall–Kier alpha value is -0.620. The van der Waals surface area contributed by atoms with Crippen molar-refractivity contribution in [3.63, 3.8) is 0 Å². The van der Waals surface area contributed by atoms with Crippen LogP contribution >= 0.6 is 23.7 Å². The van der Waals surface area contributed by atoms with Crippen LogP contribution in [0.2, 0.25) is 0 Å². The van der Waals surface area contributed by atoms with Crippen molar-refractivity contribution in [2.24, 2.45) is 11.7 Å². The maximum atomic E-state index is 12.4. The lowest BCUT2D eigenvalue weighted by Gasteiger charge is -2.29. The fourth-order valence-electron chi connectivity index (χ4n) is 3.19. The first-order valence-electron chi connectivity index (χ1n) is 7.44. The van der Waals surface area contributed by atoms with Gasteiger partial charge in [-0.3, -0.25) is 9.69 Å². The molecular weight excluding hydrogens is 306 g/mol. The van der Waals surface area contributed by atoms with Gasteiger partial charge in [-0.25, -0.2) is 0 Å². The van der Waals surface area contributed by atoms with Crippen LogP contribution in [0.1, 0.15) is 23.8 Å². The lowest BCUT2D eigenvalue weighted by molar-refractivity contribution is -0.133. The Balaban J connectivity index is 0.00000161. The average molecular weight is 330 g/mol. The summed E-state index contributed by atoms with van der Waals surface area (Å²) >= 11 is 1.81. The van der Waals surface area contributed by atoms with Crippen molar-refractivity contribution in [3.05, 3.63) is 21.9 Å². The molecule has 2 unspecified atom stereocenters. The van der Waals surface area contributed by atoms with Crippen LogP contribution in [0, 0.1) is 5.92 Å². The maximum absolute atomic E-state index is 12.4. The first-order valence-corrected chi connectivity index (χ1v) is 8.32. The minimum absolute atomic E-state index is 0. The van der Waals surface area contributed by atoms with Gasteiger partial charge in [0.15, 0.2) is 0 Å². The Morgan fingerprint density at radius 2 is 2.33 bits per heavy atom. The highest BCUT2D eigenvalue weighted by molar-refractivity contribution is 7.10. The van der Waals surface area contributed by atoms with Crippen LogP contribution in [-0.4, -0.2) is 47.9 Å². The van der Waals surface area contributed by atoms with Gasteiger partial charge in [0.05, 0.1) is 6.54 Å². The van der Waals surface area contributed by atoms with Gasteiger partial charge in [-0.15, -0.1) is 23.7 Å². The summed E-state index contributed by atoms with van der Waals surface area (Å²) < 4.78 is 0. The minimum Gasteiger partial charge on any atom is -0.337 e. The molecule has 1 saturated heterocycles. The normalized spacial score (nSPS) is 23.5. The van der Waals surface area contributed by atoms with Gasteiger partial charge in [-0.2, -0.15) is 0 Å². The van der Waals surface area contributed by atoms with Gasteiger partial charge >= 0.3 is 0 Å². The SMILES string of the molecule is CC(N)C1CCN(CC(=O)N2CCc3sccc3C2)C1.Cl. The van der Waals surface area contributed by atoms with Gasteiger partial charge in [-0.05, 0) is 49.2 Å². The number of likely N-dealkylation sites (tertiary alicyclic amines) is 1. The maximum Gasteiger partial charge on any atom is 0.237 e. The molecule has 0 saturated carbocycles. The molecule has 1 amide bonds. The summed E-state index contributed by atoms with van der Waals surface area (Å²) in [7, 11) is 0. The summed E-state index contributed by atoms with van der Waals surface area (Å²) in [5.74, 6) is 0.819. The summed E-state index contributed by atoms with van der Waals surface area (Å²) in [6.45, 7) is 6.27. The Morgan fingerprint density at radius 1 is 1.52 bits per heavy atom. The van der Waals surface area contributed by atoms with Crippen LogP contribution < -0.4 is 5.73 Å². The number of thiophene rings is 1. The number of rotatable bonds is 3. The molecule has 1 aromatic rings. The van der Waals surface area contributed by atoms with Crippen LogP contribution in [0.3, 0.4) is 0 Å². The molecule has 2 atom stereocenters. The van der Waals surface area contributed by atoms with Crippen molar-refractivity contribution in [2.45, 2.75) is 32.4 Å². The number of carbonyl (C=O) groups excluding carboxylic acids is 1. The van der Waals surface area contributed by atoms with Crippen LogP contribution in [0.5, 0.6) is 0 Å². The van der Waals surface area contributed by atoms with Crippen molar-refractivity contribution >= 4 is 29.7 Å². The van der Waals surface area contributed by atoms with Crippen molar-refractivity contribution in [2.75, 3.05) is 26.2 Å². The molecule has 0 radical (unpaired) electrons. The van der Waals surface area contributed by atoms with Crippen molar-refractivity contribution < 1.29 is 4.79 Å². The molecule has 2 aliphatic rings. The average Bonchev–Trinajstić information content (AvgIpc) is 3.05. The largest absolute Gasteiger partial charge is 0.337 e. The summed E-state index contributed by atoms with van der Waals surface area (Å²) in [5.41, 5.74) is 7.29. The number of fused-ring (bicyclic) bond motifs is 1. The molecule has 0 aliphatic carbocycles. The van der Waals surface area contributed by atoms with Crippen LogP contribution in [-0.2, 0) is 17.8 Å². The van der Waals surface area contributed by atoms with E-state index >= 15 is 0 Å². The quantitative estimate of drug-likeness (QED) is 0.918. The second-order valence-electron chi connectivity index (χ2n) is 6.08. The highest BCUT2D eigenvalue weighted by Gasteiger charge is 2.28. The monoisotopic (exact) mass is 329 g/mol. The number of carbonyl (C=O) groups is 1. The Bertz CT molecular complexity index is 491. The highest BCUT2D eigenvalue weighted by Crippen LogP contribution is 2.24. The second kappa shape index (κ2) is 7.09. The zero-order valence-corrected chi connectivity index (χ0v) is 14.1. The van der Waals surface area contributed by atoms with Crippen molar-refractivity contribution in [3.8, 4) is 0 Å². The summed E-state index contributed by atoms with van der Waals surface area (Å²) in [6, 6.07) is 2.39. The fourth-order valence-corrected chi connectivity index (χ4v) is 4.08. The van der Waals surface area contributed by atoms with E-state index in [-0.39, 0.29) is 24.4 Å². The molecule has 0 aromatic carbocycles. The molecule has 3 heterocycles. The van der Waals surface area contributed by atoms with Crippen LogP contribution in [0.4, 0.5) is 0 Å². The Morgan fingerprint density at radius 3 is 3.05 bits per heavy atom. The fraction of sp³-hybridized carbons (Fsp3) is 0.667. The molecule has 0 spiro atoms. The standard InChI is InChI=1S/C15H23N3OS.ClH/c1-11(16)12-2-5-17(8-12)10-15(19)18-6-3-14-13(9-18)4-7-20-14;/h4,7,11-12H,2-3,5-6,8-10,16H2,1H3;1H. The minimum atomic E-state index is 0. The smallest absolute Gasteiger partial charge is 0.237 e. The third-order valence-electron chi connectivity index (χ3n) is 4.57. The molecule has 1 aromatic heterocycles. The van der Waals surface area contributed by atoms with E-state index in [1.807, 2.05) is 16.2 Å². The highest BCUT2D eigenvalue weighted by atomic mass is 35.5. The van der Waals surface area contributed by atoms with Gasteiger partial charge in [0.1, 0.15) is 0 Å². The molecule has 3 rings (SSSR count). The second-order valence-corrected chi connectivity index (χ2v) is 7.08. The predicted octanol–water partition coefficient (Wildman–Crippen LogP) is 1.72. The molecule has 0 bridgehead atoms. The summed E-state index contributed by atoms with van der Waals surface area (Å²) in [5, 5.41) is 2.13. The van der Waals surface area contributed by atoms with E-state index in [9.17, 15) is 4.79 Å². The van der Waals surface area contributed by atoms with Gasteiger partial charge in [-0.1, -0.05) is 0 Å². The zero-order chi connectivity index (χ0) is 14.1. The van der Waals surface area contributed by atoms with E-state index in [0.29, 0.717) is 12.5 Å². The molecule has 21 heavy (non-hydrogen) atoms. The Kier molecular flexibility index (Phi) is 5.66. The van der Waals surface area contributed by atoms with Crippen LogP contribution in [0.25, 0.3) is 0 Å². The first-order chi connectivity index (χ1) is 9.63. The van der Waals surface area contributed by atoms with Gasteiger partial charge in [0.2, 0.25) is 5.91 Å². The van der Waals surface area contributed by atoms with E-state index in [1.54, 1.807) is 0 Å². The Labute approximate surface area is 136 Å². The number of amides is 1. The summed E-state index contributed by atoms with van der Waals surface area (Å²) in [4.78, 5) is 18.1. The van der Waals surface area contributed by atoms with Gasteiger partial charge < -0.3 is 10.6 Å². The molecule has 2 N–H and O–H groups in total. The molecule has 2 aliphatic heterocycles. The lowest BCUT2D eigenvalue weighted by Crippen LogP contribution is -2.42. The lowest BCUT2D eigenvalue weighted by atomic mass is 10.0. The number of nitrogens with two attached hydrogens (primary N) is 1. The van der Waals surface area contributed by atoms with E-state index < -0.39 is 0 Å². The number of hydrogen-bond donors (Lipinski definition) is 1. The van der Waals surface area contributed by atoms with Gasteiger partial charge in [0, 0.05) is 30.6 Å². The van der Waals surface area contributed by atoms with E-state index in [0.717, 1.165) is 39.0 Å². The molecule has 118 valence electrons. The van der Waals surface area contributed by atoms with Gasteiger partial charge in [0.25, 0.3) is 0 Å². The van der Waals surface area contributed by atoms with Crippen LogP contribution in [0.15, 0.2) is 11.4 Å². The van der Waals surface area contributed by atoms with E-state index in [2.05, 4.69) is 23.3 Å². The van der Waals surface area contributed by atoms with Crippen molar-refractivity contribution in [1.29, 1.82) is 0 Å².